The molecule has 2 aromatic rings. The van der Waals surface area contributed by atoms with Crippen LogP contribution in [0.3, 0.4) is 0 Å². The predicted octanol–water partition coefficient (Wildman–Crippen LogP) is 4.36. The molecule has 0 aliphatic rings. The lowest BCUT2D eigenvalue weighted by Gasteiger charge is -2.12. The van der Waals surface area contributed by atoms with E-state index in [0.29, 0.717) is 25.5 Å². The highest BCUT2D eigenvalue weighted by Gasteiger charge is 2.33. The van der Waals surface area contributed by atoms with Crippen molar-refractivity contribution in [2.75, 3.05) is 13.1 Å². The first kappa shape index (κ1) is 22.8. The zero-order valence-corrected chi connectivity index (χ0v) is 16.0. The van der Waals surface area contributed by atoms with Crippen LogP contribution in [0, 0.1) is 0 Å². The Morgan fingerprint density at radius 2 is 1.79 bits per heavy atom. The summed E-state index contributed by atoms with van der Waals surface area (Å²) < 4.78 is 78.0. The van der Waals surface area contributed by atoms with Crippen LogP contribution in [0.15, 0.2) is 34.6 Å². The summed E-state index contributed by atoms with van der Waals surface area (Å²) in [7, 11) is 0. The maximum Gasteiger partial charge on any atom is 0.573 e. The number of ether oxygens (including phenoxy) is 1. The zero-order valence-electron chi connectivity index (χ0n) is 15.2. The van der Waals surface area contributed by atoms with Crippen LogP contribution in [0.1, 0.15) is 23.2 Å². The van der Waals surface area contributed by atoms with Gasteiger partial charge in [-0.1, -0.05) is 12.1 Å². The Hall–Kier alpha value is -2.50. The van der Waals surface area contributed by atoms with Gasteiger partial charge in [-0.15, -0.1) is 24.5 Å². The number of aliphatic imine (C=N–C) groups is 1. The van der Waals surface area contributed by atoms with Crippen LogP contribution >= 0.6 is 11.3 Å². The minimum absolute atomic E-state index is 0.0143. The fourth-order valence-electron chi connectivity index (χ4n) is 2.19. The molecule has 0 saturated carbocycles. The molecule has 1 heterocycles. The van der Waals surface area contributed by atoms with Gasteiger partial charge in [0, 0.05) is 18.5 Å². The molecule has 0 atom stereocenters. The average Bonchev–Trinajstić information content (AvgIpc) is 3.09. The molecule has 1 aromatic heterocycles. The van der Waals surface area contributed by atoms with E-state index in [4.69, 9.17) is 0 Å². The Morgan fingerprint density at radius 3 is 2.34 bits per heavy atom. The number of nitrogens with one attached hydrogen (secondary N) is 2. The lowest BCUT2D eigenvalue weighted by Crippen LogP contribution is -2.38. The van der Waals surface area contributed by atoms with E-state index in [2.05, 4.69) is 25.3 Å². The van der Waals surface area contributed by atoms with Crippen LogP contribution in [0.25, 0.3) is 0 Å². The number of benzene rings is 1. The van der Waals surface area contributed by atoms with Gasteiger partial charge in [-0.05, 0) is 31.0 Å². The van der Waals surface area contributed by atoms with Crippen LogP contribution in [-0.2, 0) is 19.1 Å². The van der Waals surface area contributed by atoms with Crippen molar-refractivity contribution in [2.45, 2.75) is 32.4 Å². The van der Waals surface area contributed by atoms with E-state index in [-0.39, 0.29) is 17.3 Å². The van der Waals surface area contributed by atoms with Crippen molar-refractivity contribution in [1.29, 1.82) is 0 Å². The van der Waals surface area contributed by atoms with Gasteiger partial charge in [0.2, 0.25) is 0 Å². The highest BCUT2D eigenvalue weighted by molar-refractivity contribution is 7.09. The molecule has 12 heteroatoms. The number of nitrogens with zero attached hydrogens (tertiary/aromatic N) is 2. The van der Waals surface area contributed by atoms with Crippen molar-refractivity contribution in [3.05, 3.63) is 45.9 Å². The molecular formula is C17H18F6N4OS. The maximum absolute atomic E-state index is 12.6. The van der Waals surface area contributed by atoms with Crippen LogP contribution in [0.4, 0.5) is 26.3 Å². The molecule has 0 unspecified atom stereocenters. The van der Waals surface area contributed by atoms with Crippen LogP contribution in [0.5, 0.6) is 5.75 Å². The Morgan fingerprint density at radius 1 is 1.10 bits per heavy atom. The summed E-state index contributed by atoms with van der Waals surface area (Å²) in [4.78, 5) is 7.71. The molecule has 160 valence electrons. The average molecular weight is 440 g/mol. The third-order valence-electron chi connectivity index (χ3n) is 3.42. The lowest BCUT2D eigenvalue weighted by molar-refractivity contribution is -0.274. The molecule has 0 aliphatic heterocycles. The first-order chi connectivity index (χ1) is 13.6. The number of aromatic nitrogens is 1. The quantitative estimate of drug-likeness (QED) is 0.382. The third kappa shape index (κ3) is 8.18. The van der Waals surface area contributed by atoms with Crippen molar-refractivity contribution in [3.63, 3.8) is 0 Å². The van der Waals surface area contributed by atoms with E-state index in [1.807, 2.05) is 6.92 Å². The standard InChI is InChI=1S/C17H18F6N4OS/c1-2-24-15(26-9-14-27-13(10-29-14)16(18,19)20)25-8-7-11-3-5-12(6-4-11)28-17(21,22)23/h3-6,10H,2,7-9H2,1H3,(H2,24,25,26). The van der Waals surface area contributed by atoms with Gasteiger partial charge in [0.05, 0.1) is 6.54 Å². The fourth-order valence-corrected chi connectivity index (χ4v) is 2.91. The summed E-state index contributed by atoms with van der Waals surface area (Å²) in [5.74, 6) is 0.0964. The van der Waals surface area contributed by atoms with Gasteiger partial charge in [-0.25, -0.2) is 9.98 Å². The molecule has 1 aromatic carbocycles. The summed E-state index contributed by atoms with van der Waals surface area (Å²) in [5, 5.41) is 7.14. The first-order valence-electron chi connectivity index (χ1n) is 8.45. The largest absolute Gasteiger partial charge is 0.573 e. The molecule has 0 fully saturated rings. The third-order valence-corrected chi connectivity index (χ3v) is 4.26. The smallest absolute Gasteiger partial charge is 0.406 e. The van der Waals surface area contributed by atoms with Gasteiger partial charge in [-0.2, -0.15) is 13.2 Å². The normalized spacial score (nSPS) is 12.7. The number of guanidine groups is 1. The second-order valence-corrected chi connectivity index (χ2v) is 6.63. The highest BCUT2D eigenvalue weighted by atomic mass is 32.1. The highest BCUT2D eigenvalue weighted by Crippen LogP contribution is 2.30. The SMILES string of the molecule is CCNC(=NCc1nc(C(F)(F)F)cs1)NCCc1ccc(OC(F)(F)F)cc1. The molecule has 29 heavy (non-hydrogen) atoms. The van der Waals surface area contributed by atoms with E-state index >= 15 is 0 Å². The van der Waals surface area contributed by atoms with Crippen LogP contribution < -0.4 is 15.4 Å². The molecule has 2 rings (SSSR count). The van der Waals surface area contributed by atoms with Crippen molar-refractivity contribution in [1.82, 2.24) is 15.6 Å². The molecule has 0 saturated heterocycles. The number of hydrogen-bond acceptors (Lipinski definition) is 4. The van der Waals surface area contributed by atoms with E-state index in [9.17, 15) is 26.3 Å². The Balaban J connectivity index is 1.87. The van der Waals surface area contributed by atoms with Crippen LogP contribution in [-0.4, -0.2) is 30.4 Å². The maximum atomic E-state index is 12.6. The monoisotopic (exact) mass is 440 g/mol. The van der Waals surface area contributed by atoms with Gasteiger partial charge >= 0.3 is 12.5 Å². The van der Waals surface area contributed by atoms with Gasteiger partial charge in [-0.3, -0.25) is 0 Å². The Bertz CT molecular complexity index is 801. The molecule has 0 bridgehead atoms. The van der Waals surface area contributed by atoms with Crippen molar-refractivity contribution in [3.8, 4) is 5.75 Å². The second kappa shape index (κ2) is 9.81. The number of halogens is 6. The van der Waals surface area contributed by atoms with Gasteiger partial charge < -0.3 is 15.4 Å². The van der Waals surface area contributed by atoms with Crippen LogP contribution in [0.2, 0.25) is 0 Å². The molecule has 0 amide bonds. The number of rotatable bonds is 7. The predicted molar refractivity (Wildman–Crippen MR) is 96.8 cm³/mol. The van der Waals surface area contributed by atoms with Crippen molar-refractivity contribution in [2.24, 2.45) is 4.99 Å². The van der Waals surface area contributed by atoms with E-state index in [1.165, 1.54) is 24.3 Å². The summed E-state index contributed by atoms with van der Waals surface area (Å²) in [6, 6.07) is 5.48. The zero-order chi connectivity index (χ0) is 21.5. The summed E-state index contributed by atoms with van der Waals surface area (Å²) in [5.41, 5.74) is -0.166. The summed E-state index contributed by atoms with van der Waals surface area (Å²) >= 11 is 0.877. The van der Waals surface area contributed by atoms with E-state index in [1.54, 1.807) is 0 Å². The summed E-state index contributed by atoms with van der Waals surface area (Å²) in [6.45, 7) is 2.78. The first-order valence-corrected chi connectivity index (χ1v) is 9.33. The van der Waals surface area contributed by atoms with Crippen molar-refractivity contribution < 1.29 is 31.1 Å². The number of alkyl halides is 6. The van der Waals surface area contributed by atoms with E-state index in [0.717, 1.165) is 22.3 Å². The molecule has 0 spiro atoms. The van der Waals surface area contributed by atoms with Gasteiger partial charge in [0.1, 0.15) is 10.8 Å². The molecule has 2 N–H and O–H groups in total. The summed E-state index contributed by atoms with van der Waals surface area (Å²) in [6.07, 6.45) is -8.73. The van der Waals surface area contributed by atoms with Gasteiger partial charge in [0.25, 0.3) is 0 Å². The number of thiazole rings is 1. The Kier molecular flexibility index (Phi) is 7.71. The molecule has 5 nitrogen and oxygen atoms in total. The molecular weight excluding hydrogens is 422 g/mol. The molecule has 0 aliphatic carbocycles. The number of hydrogen-bond donors (Lipinski definition) is 2. The molecule has 0 radical (unpaired) electrons. The fraction of sp³-hybridized carbons (Fsp3) is 0.412. The minimum Gasteiger partial charge on any atom is -0.406 e. The Labute approximate surface area is 166 Å². The van der Waals surface area contributed by atoms with Gasteiger partial charge in [0.15, 0.2) is 11.7 Å². The second-order valence-electron chi connectivity index (χ2n) is 5.69. The topological polar surface area (TPSA) is 58.5 Å². The lowest BCUT2D eigenvalue weighted by atomic mass is 10.1. The van der Waals surface area contributed by atoms with E-state index < -0.39 is 18.2 Å². The minimum atomic E-state index is -4.74. The van der Waals surface area contributed by atoms with Crippen molar-refractivity contribution >= 4 is 17.3 Å².